The lowest BCUT2D eigenvalue weighted by Gasteiger charge is -2.21. The highest BCUT2D eigenvalue weighted by molar-refractivity contribution is 7.92. The standard InChI is InChI=1S/C14H18F3NO2S/c15-14(16,17)10-6-8-11(9-7-10)21(19,20)13-5-3-1-2-4-12(13)18/h6-9,12-13H,1-5,18H2. The van der Waals surface area contributed by atoms with Crippen molar-refractivity contribution in [2.24, 2.45) is 5.73 Å². The van der Waals surface area contributed by atoms with E-state index in [1.807, 2.05) is 0 Å². The third-order valence-electron chi connectivity index (χ3n) is 3.91. The molecule has 1 saturated carbocycles. The summed E-state index contributed by atoms with van der Waals surface area (Å²) in [6.45, 7) is 0. The highest BCUT2D eigenvalue weighted by atomic mass is 32.2. The van der Waals surface area contributed by atoms with Gasteiger partial charge in [0.1, 0.15) is 0 Å². The number of halogens is 3. The van der Waals surface area contributed by atoms with Gasteiger partial charge in [-0.15, -0.1) is 0 Å². The van der Waals surface area contributed by atoms with Crippen molar-refractivity contribution in [1.29, 1.82) is 0 Å². The fraction of sp³-hybridized carbons (Fsp3) is 0.571. The van der Waals surface area contributed by atoms with Gasteiger partial charge in [-0.2, -0.15) is 13.2 Å². The molecule has 2 rings (SSSR count). The molecule has 118 valence electrons. The van der Waals surface area contributed by atoms with Gasteiger partial charge in [0.25, 0.3) is 0 Å². The molecule has 0 radical (unpaired) electrons. The van der Waals surface area contributed by atoms with E-state index in [4.69, 9.17) is 5.73 Å². The van der Waals surface area contributed by atoms with Crippen molar-refractivity contribution in [2.75, 3.05) is 0 Å². The van der Waals surface area contributed by atoms with Crippen LogP contribution in [0.15, 0.2) is 29.2 Å². The Morgan fingerprint density at radius 2 is 1.57 bits per heavy atom. The first kappa shape index (κ1) is 16.3. The number of hydrogen-bond donors (Lipinski definition) is 1. The van der Waals surface area contributed by atoms with Crippen LogP contribution in [-0.4, -0.2) is 19.7 Å². The first-order valence-corrected chi connectivity index (χ1v) is 8.44. The maximum atomic E-state index is 12.6. The first-order valence-electron chi connectivity index (χ1n) is 6.89. The van der Waals surface area contributed by atoms with Crippen LogP contribution in [0.4, 0.5) is 13.2 Å². The summed E-state index contributed by atoms with van der Waals surface area (Å²) in [5.41, 5.74) is 5.09. The normalized spacial score (nSPS) is 24.6. The van der Waals surface area contributed by atoms with Crippen LogP contribution in [0.2, 0.25) is 0 Å². The monoisotopic (exact) mass is 321 g/mol. The third-order valence-corrected chi connectivity index (χ3v) is 6.22. The van der Waals surface area contributed by atoms with Crippen LogP contribution in [0.3, 0.4) is 0 Å². The van der Waals surface area contributed by atoms with Crippen LogP contribution in [0.1, 0.15) is 37.7 Å². The second kappa shape index (κ2) is 5.96. The fourth-order valence-corrected chi connectivity index (χ4v) is 4.63. The van der Waals surface area contributed by atoms with Gasteiger partial charge in [-0.3, -0.25) is 0 Å². The van der Waals surface area contributed by atoms with Gasteiger partial charge < -0.3 is 5.73 Å². The molecule has 1 aliphatic rings. The van der Waals surface area contributed by atoms with Crippen molar-refractivity contribution in [3.63, 3.8) is 0 Å². The van der Waals surface area contributed by atoms with E-state index in [9.17, 15) is 21.6 Å². The maximum absolute atomic E-state index is 12.6. The van der Waals surface area contributed by atoms with Crippen LogP contribution >= 0.6 is 0 Å². The Morgan fingerprint density at radius 3 is 2.14 bits per heavy atom. The Kier molecular flexibility index (Phi) is 4.63. The molecule has 0 amide bonds. The zero-order valence-electron chi connectivity index (χ0n) is 11.4. The van der Waals surface area contributed by atoms with Gasteiger partial charge in [0.15, 0.2) is 9.84 Å². The highest BCUT2D eigenvalue weighted by Crippen LogP contribution is 2.32. The summed E-state index contributed by atoms with van der Waals surface area (Å²) < 4.78 is 62.7. The van der Waals surface area contributed by atoms with Gasteiger partial charge in [-0.1, -0.05) is 19.3 Å². The highest BCUT2D eigenvalue weighted by Gasteiger charge is 2.35. The molecule has 3 nitrogen and oxygen atoms in total. The Labute approximate surface area is 122 Å². The van der Waals surface area contributed by atoms with Crippen molar-refractivity contribution in [3.8, 4) is 0 Å². The maximum Gasteiger partial charge on any atom is 0.416 e. The van der Waals surface area contributed by atoms with Crippen molar-refractivity contribution in [2.45, 2.75) is 54.5 Å². The zero-order valence-corrected chi connectivity index (χ0v) is 12.3. The predicted octanol–water partition coefficient (Wildman–Crippen LogP) is 3.14. The largest absolute Gasteiger partial charge is 0.416 e. The SMILES string of the molecule is NC1CCCCCC1S(=O)(=O)c1ccc(C(F)(F)F)cc1. The summed E-state index contributed by atoms with van der Waals surface area (Å²) in [6, 6.07) is 3.19. The van der Waals surface area contributed by atoms with Crippen LogP contribution < -0.4 is 5.73 Å². The molecule has 1 fully saturated rings. The van der Waals surface area contributed by atoms with Gasteiger partial charge in [0.2, 0.25) is 0 Å². The molecule has 0 saturated heterocycles. The molecular weight excluding hydrogens is 303 g/mol. The van der Waals surface area contributed by atoms with E-state index in [1.165, 1.54) is 0 Å². The van der Waals surface area contributed by atoms with Crippen molar-refractivity contribution >= 4 is 9.84 Å². The molecule has 0 bridgehead atoms. The summed E-state index contributed by atoms with van der Waals surface area (Å²) in [6.07, 6.45) is -0.777. The molecule has 21 heavy (non-hydrogen) atoms. The van der Waals surface area contributed by atoms with Crippen LogP contribution in [0.5, 0.6) is 0 Å². The molecule has 2 unspecified atom stereocenters. The molecule has 0 aromatic heterocycles. The van der Waals surface area contributed by atoms with E-state index in [0.29, 0.717) is 12.8 Å². The second-order valence-corrected chi connectivity index (χ2v) is 7.57. The van der Waals surface area contributed by atoms with E-state index in [-0.39, 0.29) is 4.90 Å². The van der Waals surface area contributed by atoms with Crippen LogP contribution in [-0.2, 0) is 16.0 Å². The van der Waals surface area contributed by atoms with E-state index in [0.717, 1.165) is 43.5 Å². The molecule has 7 heteroatoms. The number of rotatable bonds is 2. The van der Waals surface area contributed by atoms with Crippen molar-refractivity contribution in [1.82, 2.24) is 0 Å². The van der Waals surface area contributed by atoms with E-state index in [2.05, 4.69) is 0 Å². The van der Waals surface area contributed by atoms with Gasteiger partial charge >= 0.3 is 6.18 Å². The lowest BCUT2D eigenvalue weighted by molar-refractivity contribution is -0.137. The average molecular weight is 321 g/mol. The number of alkyl halides is 3. The van der Waals surface area contributed by atoms with Gasteiger partial charge in [-0.05, 0) is 37.1 Å². The molecule has 2 N–H and O–H groups in total. The smallest absolute Gasteiger partial charge is 0.327 e. The van der Waals surface area contributed by atoms with Crippen molar-refractivity contribution in [3.05, 3.63) is 29.8 Å². The molecule has 2 atom stereocenters. The summed E-state index contributed by atoms with van der Waals surface area (Å²) in [7, 11) is -3.69. The number of sulfone groups is 1. The lowest BCUT2D eigenvalue weighted by Crippen LogP contribution is -2.39. The molecule has 1 aliphatic carbocycles. The first-order chi connectivity index (χ1) is 9.73. The predicted molar refractivity (Wildman–Crippen MR) is 73.5 cm³/mol. The summed E-state index contributed by atoms with van der Waals surface area (Å²) in [5, 5.41) is -0.711. The third kappa shape index (κ3) is 3.58. The molecule has 0 spiro atoms. The number of benzene rings is 1. The van der Waals surface area contributed by atoms with E-state index < -0.39 is 32.9 Å². The molecule has 1 aromatic rings. The Balaban J connectivity index is 2.30. The Bertz CT molecular complexity index is 581. The second-order valence-electron chi connectivity index (χ2n) is 5.41. The zero-order chi connectivity index (χ0) is 15.7. The molecular formula is C14H18F3NO2S. The molecule has 0 aliphatic heterocycles. The molecule has 1 aromatic carbocycles. The van der Waals surface area contributed by atoms with Gasteiger partial charge in [0.05, 0.1) is 15.7 Å². The summed E-state index contributed by atoms with van der Waals surface area (Å²) >= 11 is 0. The fourth-order valence-electron chi connectivity index (χ4n) is 2.70. The van der Waals surface area contributed by atoms with Crippen LogP contribution in [0, 0.1) is 0 Å². The van der Waals surface area contributed by atoms with Crippen molar-refractivity contribution < 1.29 is 21.6 Å². The van der Waals surface area contributed by atoms with Gasteiger partial charge in [-0.25, -0.2) is 8.42 Å². The number of nitrogens with two attached hydrogens (primary N) is 1. The quantitative estimate of drug-likeness (QED) is 0.851. The molecule has 0 heterocycles. The van der Waals surface area contributed by atoms with E-state index in [1.54, 1.807) is 0 Å². The minimum Gasteiger partial charge on any atom is -0.327 e. The number of hydrogen-bond acceptors (Lipinski definition) is 3. The van der Waals surface area contributed by atoms with E-state index >= 15 is 0 Å². The van der Waals surface area contributed by atoms with Gasteiger partial charge in [0, 0.05) is 6.04 Å². The minimum atomic E-state index is -4.47. The Morgan fingerprint density at radius 1 is 1.00 bits per heavy atom. The van der Waals surface area contributed by atoms with Crippen LogP contribution in [0.25, 0.3) is 0 Å². The summed E-state index contributed by atoms with van der Waals surface area (Å²) in [4.78, 5) is -0.0853. The average Bonchev–Trinajstić information content (AvgIpc) is 2.63. The minimum absolute atomic E-state index is 0.0853. The topological polar surface area (TPSA) is 60.2 Å². The summed E-state index contributed by atoms with van der Waals surface area (Å²) in [5.74, 6) is 0. The lowest BCUT2D eigenvalue weighted by atomic mass is 10.1. The Hall–Kier alpha value is -1.08.